The van der Waals surface area contributed by atoms with Gasteiger partial charge in [-0.05, 0) is 25.5 Å². The zero-order valence-electron chi connectivity index (χ0n) is 13.0. The summed E-state index contributed by atoms with van der Waals surface area (Å²) in [4.78, 5) is 31.6. The Bertz CT molecular complexity index is 658. The molecule has 2 aromatic rings. The van der Waals surface area contributed by atoms with Gasteiger partial charge in [0.05, 0.1) is 18.1 Å². The molecule has 6 nitrogen and oxygen atoms in total. The van der Waals surface area contributed by atoms with Crippen LogP contribution in [0.25, 0.3) is 0 Å². The number of aromatic nitrogens is 2. The van der Waals surface area contributed by atoms with Gasteiger partial charge in [-0.25, -0.2) is 9.78 Å². The fraction of sp³-hybridized carbons (Fsp3) is 0.312. The number of ether oxygens (including phenoxy) is 1. The van der Waals surface area contributed by atoms with E-state index in [0.29, 0.717) is 12.2 Å². The van der Waals surface area contributed by atoms with E-state index < -0.39 is 5.97 Å². The summed E-state index contributed by atoms with van der Waals surface area (Å²) in [6.07, 6.45) is 2.09. The topological polar surface area (TPSA) is 84.1 Å². The van der Waals surface area contributed by atoms with E-state index in [4.69, 9.17) is 4.74 Å². The van der Waals surface area contributed by atoms with E-state index in [-0.39, 0.29) is 23.6 Å². The minimum atomic E-state index is -0.543. The highest BCUT2D eigenvalue weighted by Crippen LogP contribution is 2.26. The van der Waals surface area contributed by atoms with Crippen LogP contribution in [0.1, 0.15) is 30.9 Å². The van der Waals surface area contributed by atoms with Crippen molar-refractivity contribution in [1.82, 2.24) is 9.97 Å². The molecule has 1 aromatic carbocycles. The van der Waals surface area contributed by atoms with Crippen LogP contribution in [-0.4, -0.2) is 33.7 Å². The molecular formula is C16H19N3O3S. The van der Waals surface area contributed by atoms with E-state index in [1.165, 1.54) is 18.0 Å². The average molecular weight is 333 g/mol. The highest BCUT2D eigenvalue weighted by Gasteiger charge is 2.19. The number of hydrogen-bond donors (Lipinski definition) is 2. The first-order valence-corrected chi connectivity index (χ1v) is 8.26. The highest BCUT2D eigenvalue weighted by molar-refractivity contribution is 8.00. The number of aromatic amines is 1. The molecule has 0 spiro atoms. The van der Waals surface area contributed by atoms with Crippen LogP contribution < -0.4 is 5.32 Å². The number of carbonyl (C=O) groups is 2. The first-order chi connectivity index (χ1) is 11.1. The zero-order valence-corrected chi connectivity index (χ0v) is 13.9. The third-order valence-corrected chi connectivity index (χ3v) is 4.36. The van der Waals surface area contributed by atoms with Gasteiger partial charge < -0.3 is 15.0 Å². The molecule has 1 heterocycles. The van der Waals surface area contributed by atoms with Crippen molar-refractivity contribution in [3.63, 3.8) is 0 Å². The lowest BCUT2D eigenvalue weighted by Gasteiger charge is -2.13. The van der Waals surface area contributed by atoms with Crippen molar-refractivity contribution in [2.75, 3.05) is 11.9 Å². The molecule has 1 atom stereocenters. The molecule has 2 rings (SSSR count). The lowest BCUT2D eigenvalue weighted by Crippen LogP contribution is -2.24. The molecule has 1 amide bonds. The van der Waals surface area contributed by atoms with E-state index in [1.54, 1.807) is 6.92 Å². The van der Waals surface area contributed by atoms with Crippen LogP contribution in [0.4, 0.5) is 5.82 Å². The summed E-state index contributed by atoms with van der Waals surface area (Å²) < 4.78 is 4.84. The van der Waals surface area contributed by atoms with Gasteiger partial charge in [-0.15, -0.1) is 11.8 Å². The SMILES string of the molecule is CCOC(=O)c1ncc(NC(=O)C(CC)Sc2ccccc2)[nH]1. The predicted octanol–water partition coefficient (Wildman–Crippen LogP) is 3.10. The Morgan fingerprint density at radius 2 is 2.04 bits per heavy atom. The Morgan fingerprint density at radius 3 is 2.70 bits per heavy atom. The smallest absolute Gasteiger partial charge is 0.374 e. The number of nitrogens with zero attached hydrogens (tertiary/aromatic N) is 1. The molecule has 1 aromatic heterocycles. The van der Waals surface area contributed by atoms with Crippen LogP contribution in [0.3, 0.4) is 0 Å². The Morgan fingerprint density at radius 1 is 1.30 bits per heavy atom. The Balaban J connectivity index is 1.98. The molecule has 0 aliphatic rings. The highest BCUT2D eigenvalue weighted by atomic mass is 32.2. The number of esters is 1. The van der Waals surface area contributed by atoms with Gasteiger partial charge in [0.1, 0.15) is 5.82 Å². The van der Waals surface area contributed by atoms with Crippen molar-refractivity contribution in [3.05, 3.63) is 42.4 Å². The molecule has 0 saturated carbocycles. The van der Waals surface area contributed by atoms with Gasteiger partial charge in [0.15, 0.2) is 0 Å². The Labute approximate surface area is 139 Å². The Kier molecular flexibility index (Phi) is 6.22. The molecule has 2 N–H and O–H groups in total. The zero-order chi connectivity index (χ0) is 16.7. The third-order valence-electron chi connectivity index (χ3n) is 2.99. The van der Waals surface area contributed by atoms with Crippen molar-refractivity contribution < 1.29 is 14.3 Å². The van der Waals surface area contributed by atoms with Crippen LogP contribution in [0, 0.1) is 0 Å². The fourth-order valence-corrected chi connectivity index (χ4v) is 2.86. The summed E-state index contributed by atoms with van der Waals surface area (Å²) in [5.41, 5.74) is 0. The Hall–Kier alpha value is -2.28. The molecule has 0 fully saturated rings. The van der Waals surface area contributed by atoms with Gasteiger partial charge in [-0.1, -0.05) is 25.1 Å². The molecule has 1 unspecified atom stereocenters. The number of hydrogen-bond acceptors (Lipinski definition) is 5. The average Bonchev–Trinajstić information content (AvgIpc) is 3.02. The van der Waals surface area contributed by atoms with Crippen molar-refractivity contribution in [2.45, 2.75) is 30.4 Å². The van der Waals surface area contributed by atoms with Gasteiger partial charge in [0.25, 0.3) is 0 Å². The lowest BCUT2D eigenvalue weighted by molar-refractivity contribution is -0.115. The summed E-state index contributed by atoms with van der Waals surface area (Å²) in [5, 5.41) is 2.52. The molecule has 0 bridgehead atoms. The maximum atomic E-state index is 12.4. The molecule has 0 aliphatic carbocycles. The molecular weight excluding hydrogens is 314 g/mol. The number of benzene rings is 1. The van der Waals surface area contributed by atoms with Crippen LogP contribution in [0.2, 0.25) is 0 Å². The first kappa shape index (κ1) is 17.1. The van der Waals surface area contributed by atoms with Crippen molar-refractivity contribution >= 4 is 29.5 Å². The van der Waals surface area contributed by atoms with E-state index in [9.17, 15) is 9.59 Å². The number of anilines is 1. The van der Waals surface area contributed by atoms with Gasteiger partial charge in [0, 0.05) is 4.90 Å². The third kappa shape index (κ3) is 4.85. The standard InChI is InChI=1S/C16H19N3O3S/c1-3-12(23-11-8-6-5-7-9-11)15(20)19-13-10-17-14(18-13)16(21)22-4-2/h5-10,12H,3-4H2,1-2H3,(H,17,18)(H,19,20). The van der Waals surface area contributed by atoms with Crippen LogP contribution >= 0.6 is 11.8 Å². The van der Waals surface area contributed by atoms with Gasteiger partial charge in [0.2, 0.25) is 11.7 Å². The molecule has 23 heavy (non-hydrogen) atoms. The maximum Gasteiger partial charge on any atom is 0.374 e. The summed E-state index contributed by atoms with van der Waals surface area (Å²) >= 11 is 1.50. The van der Waals surface area contributed by atoms with E-state index in [2.05, 4.69) is 15.3 Å². The second kappa shape index (κ2) is 8.38. The van der Waals surface area contributed by atoms with Crippen LogP contribution in [0.5, 0.6) is 0 Å². The predicted molar refractivity (Wildman–Crippen MR) is 89.6 cm³/mol. The fourth-order valence-electron chi connectivity index (χ4n) is 1.89. The van der Waals surface area contributed by atoms with Crippen molar-refractivity contribution in [1.29, 1.82) is 0 Å². The van der Waals surface area contributed by atoms with Crippen LogP contribution in [-0.2, 0) is 9.53 Å². The first-order valence-electron chi connectivity index (χ1n) is 7.38. The van der Waals surface area contributed by atoms with Crippen molar-refractivity contribution in [2.24, 2.45) is 0 Å². The summed E-state index contributed by atoms with van der Waals surface area (Å²) in [5.74, 6) is -0.227. The van der Waals surface area contributed by atoms with E-state index in [1.807, 2.05) is 37.3 Å². The minimum absolute atomic E-state index is 0.0749. The number of imidazole rings is 1. The number of carbonyl (C=O) groups excluding carboxylic acids is 2. The minimum Gasteiger partial charge on any atom is -0.460 e. The monoisotopic (exact) mass is 333 g/mol. The van der Waals surface area contributed by atoms with E-state index in [0.717, 1.165) is 4.90 Å². The largest absolute Gasteiger partial charge is 0.460 e. The lowest BCUT2D eigenvalue weighted by atomic mass is 10.3. The quantitative estimate of drug-likeness (QED) is 0.601. The van der Waals surface area contributed by atoms with Crippen molar-refractivity contribution in [3.8, 4) is 0 Å². The number of nitrogens with one attached hydrogen (secondary N) is 2. The second-order valence-electron chi connectivity index (χ2n) is 4.68. The molecule has 0 saturated heterocycles. The molecule has 0 radical (unpaired) electrons. The van der Waals surface area contributed by atoms with Gasteiger partial charge in [-0.2, -0.15) is 0 Å². The summed E-state index contributed by atoms with van der Waals surface area (Å²) in [6.45, 7) is 3.94. The van der Waals surface area contributed by atoms with E-state index >= 15 is 0 Å². The number of rotatable bonds is 7. The summed E-state index contributed by atoms with van der Waals surface area (Å²) in [6, 6.07) is 9.75. The number of amides is 1. The number of thioether (sulfide) groups is 1. The summed E-state index contributed by atoms with van der Waals surface area (Å²) in [7, 11) is 0. The molecule has 122 valence electrons. The maximum absolute atomic E-state index is 12.4. The normalized spacial score (nSPS) is 11.7. The number of H-pyrrole nitrogens is 1. The molecule has 0 aliphatic heterocycles. The van der Waals surface area contributed by atoms with Crippen LogP contribution in [0.15, 0.2) is 41.4 Å². The van der Waals surface area contributed by atoms with Gasteiger partial charge in [-0.3, -0.25) is 4.79 Å². The van der Waals surface area contributed by atoms with Gasteiger partial charge >= 0.3 is 5.97 Å². The molecule has 7 heteroatoms. The second-order valence-corrected chi connectivity index (χ2v) is 5.96.